The summed E-state index contributed by atoms with van der Waals surface area (Å²) in [6, 6.07) is -0.193. The average molecular weight is 251 g/mol. The summed E-state index contributed by atoms with van der Waals surface area (Å²) in [5.41, 5.74) is 0. The van der Waals surface area contributed by atoms with E-state index < -0.39 is 21.7 Å². The van der Waals surface area contributed by atoms with Gasteiger partial charge in [-0.2, -0.15) is 0 Å². The smallest absolute Gasteiger partial charge is 0.320 e. The van der Waals surface area contributed by atoms with Crippen LogP contribution >= 0.6 is 0 Å². The Kier molecular flexibility index (Phi) is 7.33. The Morgan fingerprint density at radius 1 is 1.31 bits per heavy atom. The van der Waals surface area contributed by atoms with Gasteiger partial charge in [0.2, 0.25) is 10.0 Å². The molecule has 1 unspecified atom stereocenters. The van der Waals surface area contributed by atoms with E-state index in [-0.39, 0.29) is 6.04 Å². The van der Waals surface area contributed by atoms with E-state index in [0.29, 0.717) is 0 Å². The Labute approximate surface area is 97.3 Å². The van der Waals surface area contributed by atoms with E-state index in [0.717, 1.165) is 32.1 Å². The van der Waals surface area contributed by atoms with Crippen LogP contribution in [0.4, 0.5) is 0 Å². The number of sulfonamides is 1. The highest BCUT2D eigenvalue weighted by molar-refractivity contribution is 7.90. The molecule has 0 aliphatic carbocycles. The monoisotopic (exact) mass is 251 g/mol. The molecule has 0 spiro atoms. The minimum absolute atomic E-state index is 0.193. The molecule has 2 N–H and O–H groups in total. The van der Waals surface area contributed by atoms with Gasteiger partial charge in [-0.25, -0.2) is 13.1 Å². The van der Waals surface area contributed by atoms with E-state index in [1.165, 1.54) is 0 Å². The molecule has 0 aliphatic rings. The highest BCUT2D eigenvalue weighted by Gasteiger charge is 2.17. The van der Waals surface area contributed by atoms with Crippen LogP contribution in [0.3, 0.4) is 0 Å². The molecule has 1 atom stereocenters. The second kappa shape index (κ2) is 7.62. The number of rotatable bonds is 9. The maximum Gasteiger partial charge on any atom is 0.320 e. The van der Waals surface area contributed by atoms with Crippen LogP contribution in [0.15, 0.2) is 0 Å². The van der Waals surface area contributed by atoms with Crippen LogP contribution in [0.1, 0.15) is 46.0 Å². The minimum atomic E-state index is -3.67. The molecule has 0 aromatic heterocycles. The summed E-state index contributed by atoms with van der Waals surface area (Å²) in [4.78, 5) is 10.3. The molecule has 6 heteroatoms. The van der Waals surface area contributed by atoms with Crippen molar-refractivity contribution in [1.29, 1.82) is 0 Å². The van der Waals surface area contributed by atoms with Crippen molar-refractivity contribution in [3.05, 3.63) is 0 Å². The summed E-state index contributed by atoms with van der Waals surface area (Å²) in [5, 5.41) is 8.39. The number of hydrogen-bond donors (Lipinski definition) is 2. The van der Waals surface area contributed by atoms with Gasteiger partial charge in [0.05, 0.1) is 0 Å². The molecule has 16 heavy (non-hydrogen) atoms. The molecule has 0 aromatic carbocycles. The Morgan fingerprint density at radius 3 is 2.44 bits per heavy atom. The fraction of sp³-hybridized carbons (Fsp3) is 0.900. The van der Waals surface area contributed by atoms with Crippen LogP contribution in [0.2, 0.25) is 0 Å². The molecule has 0 bridgehead atoms. The Balaban J connectivity index is 3.85. The van der Waals surface area contributed by atoms with Crippen LogP contribution in [-0.4, -0.2) is 31.3 Å². The number of carboxylic acid groups (broad SMARTS) is 1. The van der Waals surface area contributed by atoms with Crippen LogP contribution < -0.4 is 4.72 Å². The van der Waals surface area contributed by atoms with Gasteiger partial charge in [0.15, 0.2) is 5.75 Å². The van der Waals surface area contributed by atoms with Crippen molar-refractivity contribution in [3.63, 3.8) is 0 Å². The third kappa shape index (κ3) is 8.67. The van der Waals surface area contributed by atoms with Gasteiger partial charge >= 0.3 is 5.97 Å². The molecule has 0 fully saturated rings. The van der Waals surface area contributed by atoms with Crippen molar-refractivity contribution >= 4 is 16.0 Å². The quantitative estimate of drug-likeness (QED) is 0.606. The van der Waals surface area contributed by atoms with E-state index in [1.807, 2.05) is 0 Å². The maximum absolute atomic E-state index is 11.2. The third-order valence-electron chi connectivity index (χ3n) is 2.18. The summed E-state index contributed by atoms with van der Waals surface area (Å²) in [6.45, 7) is 3.87. The predicted molar refractivity (Wildman–Crippen MR) is 62.8 cm³/mol. The first kappa shape index (κ1) is 15.4. The molecular formula is C10H21NO4S. The lowest BCUT2D eigenvalue weighted by Gasteiger charge is -2.12. The Bertz CT molecular complexity index is 300. The van der Waals surface area contributed by atoms with Crippen molar-refractivity contribution < 1.29 is 18.3 Å². The van der Waals surface area contributed by atoms with Crippen molar-refractivity contribution in [3.8, 4) is 0 Å². The van der Waals surface area contributed by atoms with Crippen molar-refractivity contribution in [2.45, 2.75) is 52.0 Å². The largest absolute Gasteiger partial charge is 0.480 e. The second-order valence-electron chi connectivity index (χ2n) is 4.02. The van der Waals surface area contributed by atoms with Crippen molar-refractivity contribution in [1.82, 2.24) is 4.72 Å². The van der Waals surface area contributed by atoms with E-state index >= 15 is 0 Å². The molecule has 96 valence electrons. The van der Waals surface area contributed by atoms with E-state index in [9.17, 15) is 13.2 Å². The molecule has 0 amide bonds. The van der Waals surface area contributed by atoms with Gasteiger partial charge < -0.3 is 5.11 Å². The number of carboxylic acids is 1. The maximum atomic E-state index is 11.2. The molecule has 0 aliphatic heterocycles. The molecule has 0 heterocycles. The van der Waals surface area contributed by atoms with Crippen LogP contribution in [0, 0.1) is 0 Å². The zero-order valence-electron chi connectivity index (χ0n) is 9.90. The molecule has 0 aromatic rings. The standard InChI is InChI=1S/C10H21NO4S/c1-3-4-5-6-7-9(2)11-16(14,15)8-10(12)13/h9,11H,3-8H2,1-2H3,(H,12,13). The summed E-state index contributed by atoms with van der Waals surface area (Å²) >= 11 is 0. The lowest BCUT2D eigenvalue weighted by atomic mass is 10.1. The molecule has 0 saturated carbocycles. The first-order valence-corrected chi connectivity index (χ1v) is 7.24. The van der Waals surface area contributed by atoms with Crippen molar-refractivity contribution in [2.75, 3.05) is 5.75 Å². The highest BCUT2D eigenvalue weighted by atomic mass is 32.2. The van der Waals surface area contributed by atoms with Crippen molar-refractivity contribution in [2.24, 2.45) is 0 Å². The van der Waals surface area contributed by atoms with Gasteiger partial charge in [-0.05, 0) is 13.3 Å². The minimum Gasteiger partial charge on any atom is -0.480 e. The number of unbranched alkanes of at least 4 members (excludes halogenated alkanes) is 3. The van der Waals surface area contributed by atoms with E-state index in [4.69, 9.17) is 5.11 Å². The second-order valence-corrected chi connectivity index (χ2v) is 5.77. The zero-order chi connectivity index (χ0) is 12.6. The van der Waals surface area contributed by atoms with Gasteiger partial charge in [-0.1, -0.05) is 32.6 Å². The molecule has 0 radical (unpaired) electrons. The molecule has 0 saturated heterocycles. The highest BCUT2D eigenvalue weighted by Crippen LogP contribution is 2.06. The first-order valence-electron chi connectivity index (χ1n) is 5.59. The molecule has 5 nitrogen and oxygen atoms in total. The summed E-state index contributed by atoms with van der Waals surface area (Å²) in [5.74, 6) is -2.18. The van der Waals surface area contributed by atoms with Gasteiger partial charge in [0, 0.05) is 6.04 Å². The third-order valence-corrected chi connectivity index (χ3v) is 3.57. The Morgan fingerprint density at radius 2 is 1.94 bits per heavy atom. The van der Waals surface area contributed by atoms with Crippen LogP contribution in [0.25, 0.3) is 0 Å². The fourth-order valence-electron chi connectivity index (χ4n) is 1.45. The number of aliphatic carboxylic acids is 1. The lowest BCUT2D eigenvalue weighted by Crippen LogP contribution is -2.36. The number of carbonyl (C=O) groups is 1. The topological polar surface area (TPSA) is 83.5 Å². The van der Waals surface area contributed by atoms with Gasteiger partial charge in [-0.3, -0.25) is 4.79 Å². The van der Waals surface area contributed by atoms with E-state index in [2.05, 4.69) is 11.6 Å². The normalized spacial score (nSPS) is 13.6. The lowest BCUT2D eigenvalue weighted by molar-refractivity contribution is -0.134. The van der Waals surface area contributed by atoms with Crippen LogP contribution in [-0.2, 0) is 14.8 Å². The zero-order valence-corrected chi connectivity index (χ0v) is 10.7. The number of nitrogens with one attached hydrogen (secondary N) is 1. The summed E-state index contributed by atoms with van der Waals surface area (Å²) in [6.07, 6.45) is 5.08. The van der Waals surface area contributed by atoms with E-state index in [1.54, 1.807) is 6.92 Å². The molecular weight excluding hydrogens is 230 g/mol. The average Bonchev–Trinajstić information content (AvgIpc) is 2.09. The predicted octanol–water partition coefficient (Wildman–Crippen LogP) is 1.35. The van der Waals surface area contributed by atoms with Gasteiger partial charge in [0.1, 0.15) is 0 Å². The Hall–Kier alpha value is -0.620. The fourth-order valence-corrected chi connectivity index (χ4v) is 2.59. The summed E-state index contributed by atoms with van der Waals surface area (Å²) in [7, 11) is -3.67. The van der Waals surface area contributed by atoms with Gasteiger partial charge in [0.25, 0.3) is 0 Å². The molecule has 0 rings (SSSR count). The first-order chi connectivity index (χ1) is 7.37. The summed E-state index contributed by atoms with van der Waals surface area (Å²) < 4.78 is 24.9. The van der Waals surface area contributed by atoms with Gasteiger partial charge in [-0.15, -0.1) is 0 Å². The van der Waals surface area contributed by atoms with Crippen LogP contribution in [0.5, 0.6) is 0 Å². The number of hydrogen-bond acceptors (Lipinski definition) is 3. The SMILES string of the molecule is CCCCCCC(C)NS(=O)(=O)CC(=O)O.